The molecule has 2 amide bonds. The molecule has 1 fully saturated rings. The van der Waals surface area contributed by atoms with Crippen molar-refractivity contribution in [1.82, 2.24) is 4.90 Å². The van der Waals surface area contributed by atoms with Crippen LogP contribution < -0.4 is 4.90 Å². The molecule has 162 valence electrons. The van der Waals surface area contributed by atoms with E-state index in [2.05, 4.69) is 0 Å². The molecule has 2 atom stereocenters. The van der Waals surface area contributed by atoms with Crippen molar-refractivity contribution in [2.24, 2.45) is 5.41 Å². The molecule has 31 heavy (non-hydrogen) atoms. The minimum Gasteiger partial charge on any atom is -0.288 e. The predicted octanol–water partition coefficient (Wildman–Crippen LogP) is 5.98. The molecule has 2 unspecified atom stereocenters. The maximum atomic E-state index is 14.5. The smallest absolute Gasteiger partial charge is 0.288 e. The molecule has 1 aliphatic heterocycles. The lowest BCUT2D eigenvalue weighted by molar-refractivity contribution is -0.123. The van der Waals surface area contributed by atoms with Gasteiger partial charge in [-0.05, 0) is 42.8 Å². The summed E-state index contributed by atoms with van der Waals surface area (Å²) in [6.45, 7) is 7.03. The standard InChI is InChI=1S/C23H22Cl2FN3O2/c1-22(2,3)19-28(18-10-16(24)9-17(25)11-18)20(30)23(4,29(19)21(26)31)12-14-5-7-15(13-27)8-6-14/h5-11,19H,12H2,1-4H3. The second-order valence-corrected chi connectivity index (χ2v) is 9.80. The van der Waals surface area contributed by atoms with Gasteiger partial charge >= 0.3 is 6.16 Å². The van der Waals surface area contributed by atoms with E-state index in [1.807, 2.05) is 26.8 Å². The number of anilines is 1. The number of carbonyl (C=O) groups excluding carboxylic acids is 2. The summed E-state index contributed by atoms with van der Waals surface area (Å²) in [4.78, 5) is 28.4. The van der Waals surface area contributed by atoms with Gasteiger partial charge in [0, 0.05) is 27.6 Å². The fraction of sp³-hybridized carbons (Fsp3) is 0.348. The fourth-order valence-corrected chi connectivity index (χ4v) is 4.63. The number of hydrogen-bond acceptors (Lipinski definition) is 3. The fourth-order valence-electron chi connectivity index (χ4n) is 4.12. The maximum absolute atomic E-state index is 14.5. The summed E-state index contributed by atoms with van der Waals surface area (Å²) in [5.41, 5.74) is -0.633. The second-order valence-electron chi connectivity index (χ2n) is 8.92. The Hall–Kier alpha value is -2.62. The number of amides is 2. The SMILES string of the molecule is CC(C)(C)C1N(c2cc(Cl)cc(Cl)c2)C(=O)C(C)(Cc2ccc(C#N)cc2)N1C(=O)F. The summed E-state index contributed by atoms with van der Waals surface area (Å²) in [6.07, 6.45) is -2.53. The van der Waals surface area contributed by atoms with Crippen molar-refractivity contribution in [3.05, 3.63) is 63.6 Å². The first kappa shape index (κ1) is 23.1. The van der Waals surface area contributed by atoms with Crippen molar-refractivity contribution in [2.75, 3.05) is 4.90 Å². The lowest BCUT2D eigenvalue weighted by atomic mass is 9.88. The Labute approximate surface area is 191 Å². The van der Waals surface area contributed by atoms with Crippen molar-refractivity contribution < 1.29 is 14.0 Å². The Morgan fingerprint density at radius 2 is 1.71 bits per heavy atom. The first-order valence-corrected chi connectivity index (χ1v) is 10.4. The molecule has 1 saturated heterocycles. The van der Waals surface area contributed by atoms with Crippen LogP contribution in [0.5, 0.6) is 0 Å². The Morgan fingerprint density at radius 1 is 1.16 bits per heavy atom. The van der Waals surface area contributed by atoms with Gasteiger partial charge in [0.15, 0.2) is 0 Å². The van der Waals surface area contributed by atoms with Gasteiger partial charge < -0.3 is 0 Å². The van der Waals surface area contributed by atoms with Crippen LogP contribution in [-0.2, 0) is 11.2 Å². The molecule has 1 aliphatic rings. The van der Waals surface area contributed by atoms with E-state index < -0.39 is 29.2 Å². The average molecular weight is 462 g/mol. The average Bonchev–Trinajstić information content (AvgIpc) is 2.89. The van der Waals surface area contributed by atoms with Crippen molar-refractivity contribution in [3.8, 4) is 6.07 Å². The lowest BCUT2D eigenvalue weighted by Crippen LogP contribution is -2.54. The normalized spacial score (nSPS) is 21.4. The van der Waals surface area contributed by atoms with Gasteiger partial charge in [-0.15, -0.1) is 4.39 Å². The van der Waals surface area contributed by atoms with Gasteiger partial charge in [0.25, 0.3) is 5.91 Å². The van der Waals surface area contributed by atoms with Gasteiger partial charge in [-0.3, -0.25) is 14.6 Å². The highest BCUT2D eigenvalue weighted by atomic mass is 35.5. The molecular weight excluding hydrogens is 440 g/mol. The highest BCUT2D eigenvalue weighted by Gasteiger charge is 2.60. The van der Waals surface area contributed by atoms with Gasteiger partial charge in [0.1, 0.15) is 11.7 Å². The zero-order chi connectivity index (χ0) is 23.1. The van der Waals surface area contributed by atoms with Crippen LogP contribution in [0.15, 0.2) is 42.5 Å². The topological polar surface area (TPSA) is 64.4 Å². The second kappa shape index (κ2) is 8.14. The van der Waals surface area contributed by atoms with E-state index in [1.165, 1.54) is 11.0 Å². The van der Waals surface area contributed by atoms with Crippen LogP contribution in [0.3, 0.4) is 0 Å². The predicted molar refractivity (Wildman–Crippen MR) is 119 cm³/mol. The van der Waals surface area contributed by atoms with Crippen molar-refractivity contribution >= 4 is 41.0 Å². The molecule has 0 aliphatic carbocycles. The maximum Gasteiger partial charge on any atom is 0.402 e. The third-order valence-corrected chi connectivity index (χ3v) is 5.86. The molecular formula is C23H22Cl2FN3O2. The molecule has 0 radical (unpaired) electrons. The summed E-state index contributed by atoms with van der Waals surface area (Å²) < 4.78 is 14.5. The van der Waals surface area contributed by atoms with Crippen LogP contribution >= 0.6 is 23.2 Å². The van der Waals surface area contributed by atoms with Gasteiger partial charge in [-0.1, -0.05) is 56.1 Å². The molecule has 0 N–H and O–H groups in total. The number of benzene rings is 2. The van der Waals surface area contributed by atoms with E-state index in [-0.39, 0.29) is 6.42 Å². The summed E-state index contributed by atoms with van der Waals surface area (Å²) in [6, 6.07) is 13.3. The Balaban J connectivity index is 2.17. The van der Waals surface area contributed by atoms with E-state index >= 15 is 0 Å². The summed E-state index contributed by atoms with van der Waals surface area (Å²) in [7, 11) is 0. The van der Waals surface area contributed by atoms with Crippen LogP contribution in [0.1, 0.15) is 38.8 Å². The number of rotatable bonds is 3. The third kappa shape index (κ3) is 4.26. The van der Waals surface area contributed by atoms with Crippen LogP contribution in [0, 0.1) is 16.7 Å². The summed E-state index contributed by atoms with van der Waals surface area (Å²) in [5.74, 6) is -0.443. The zero-order valence-corrected chi connectivity index (χ0v) is 19.1. The van der Waals surface area contributed by atoms with Gasteiger partial charge in [0.2, 0.25) is 0 Å². The quantitative estimate of drug-likeness (QED) is 0.417. The zero-order valence-electron chi connectivity index (χ0n) is 17.6. The molecule has 0 saturated carbocycles. The molecule has 1 heterocycles. The van der Waals surface area contributed by atoms with Gasteiger partial charge in [-0.25, -0.2) is 4.79 Å². The van der Waals surface area contributed by atoms with E-state index in [9.17, 15) is 14.0 Å². The highest BCUT2D eigenvalue weighted by Crippen LogP contribution is 2.45. The minimum atomic E-state index is -1.69. The Kier molecular flexibility index (Phi) is 6.05. The molecule has 8 heteroatoms. The largest absolute Gasteiger partial charge is 0.402 e. The van der Waals surface area contributed by atoms with Gasteiger partial charge in [-0.2, -0.15) is 5.26 Å². The van der Waals surface area contributed by atoms with Crippen LogP contribution in [0.4, 0.5) is 14.9 Å². The number of nitrogens with zero attached hydrogens (tertiary/aromatic N) is 3. The molecule has 5 nitrogen and oxygen atoms in total. The summed E-state index contributed by atoms with van der Waals surface area (Å²) in [5, 5.41) is 9.66. The van der Waals surface area contributed by atoms with E-state index in [4.69, 9.17) is 28.5 Å². The monoisotopic (exact) mass is 461 g/mol. The third-order valence-electron chi connectivity index (χ3n) is 5.42. The van der Waals surface area contributed by atoms with Crippen molar-refractivity contribution in [1.29, 1.82) is 5.26 Å². The molecule has 0 spiro atoms. The van der Waals surface area contributed by atoms with E-state index in [0.717, 1.165) is 4.90 Å². The van der Waals surface area contributed by atoms with Crippen molar-refractivity contribution in [2.45, 2.75) is 45.8 Å². The number of nitriles is 1. The molecule has 3 rings (SSSR count). The summed E-state index contributed by atoms with van der Waals surface area (Å²) >= 11 is 12.3. The number of carbonyl (C=O) groups is 2. The van der Waals surface area contributed by atoms with Crippen LogP contribution in [0.2, 0.25) is 10.0 Å². The lowest BCUT2D eigenvalue weighted by Gasteiger charge is -2.40. The van der Waals surface area contributed by atoms with E-state index in [0.29, 0.717) is 26.9 Å². The van der Waals surface area contributed by atoms with E-state index in [1.54, 1.807) is 43.3 Å². The first-order valence-electron chi connectivity index (χ1n) is 9.66. The number of halogens is 3. The Bertz CT molecular complexity index is 1060. The Morgan fingerprint density at radius 3 is 2.16 bits per heavy atom. The molecule has 0 aromatic heterocycles. The first-order chi connectivity index (χ1) is 14.4. The van der Waals surface area contributed by atoms with Crippen molar-refractivity contribution in [3.63, 3.8) is 0 Å². The molecule has 0 bridgehead atoms. The van der Waals surface area contributed by atoms with Gasteiger partial charge in [0.05, 0.1) is 11.6 Å². The molecule has 2 aromatic rings. The highest BCUT2D eigenvalue weighted by molar-refractivity contribution is 6.35. The number of hydrogen-bond donors (Lipinski definition) is 0. The van der Waals surface area contributed by atoms with Crippen LogP contribution in [-0.4, -0.2) is 28.7 Å². The van der Waals surface area contributed by atoms with Crippen LogP contribution in [0.25, 0.3) is 0 Å². The molecule has 2 aromatic carbocycles. The minimum absolute atomic E-state index is 0.0740.